The van der Waals surface area contributed by atoms with E-state index in [-0.39, 0.29) is 5.91 Å². The van der Waals surface area contributed by atoms with Gasteiger partial charge in [-0.3, -0.25) is 9.69 Å². The van der Waals surface area contributed by atoms with E-state index in [4.69, 9.17) is 14.2 Å². The first kappa shape index (κ1) is 20.0. The standard InChI is InChI=1S/C22H28N2O4/c1-4-24(5-2)15-17-8-6-16(7-9-17)14-23-22(25)18-12-19(26-3)21-20(13-18)27-10-11-28-21/h6-9,12-13H,4-5,10-11,14-15H2,1-3H3,(H,23,25). The van der Waals surface area contributed by atoms with E-state index in [1.807, 2.05) is 0 Å². The fourth-order valence-corrected chi connectivity index (χ4v) is 3.16. The van der Waals surface area contributed by atoms with Gasteiger partial charge >= 0.3 is 0 Å². The van der Waals surface area contributed by atoms with Crippen LogP contribution in [0.4, 0.5) is 0 Å². The normalized spacial score (nSPS) is 12.7. The molecule has 0 saturated carbocycles. The number of fused-ring (bicyclic) bond motifs is 1. The Morgan fingerprint density at radius 1 is 1.07 bits per heavy atom. The lowest BCUT2D eigenvalue weighted by molar-refractivity contribution is 0.0949. The molecule has 0 saturated heterocycles. The average Bonchev–Trinajstić information content (AvgIpc) is 2.75. The van der Waals surface area contributed by atoms with Gasteiger partial charge in [-0.2, -0.15) is 0 Å². The first-order valence-electron chi connectivity index (χ1n) is 9.70. The Kier molecular flexibility index (Phi) is 6.76. The van der Waals surface area contributed by atoms with Crippen molar-refractivity contribution in [2.75, 3.05) is 33.4 Å². The molecule has 1 amide bonds. The molecule has 6 heteroatoms. The molecule has 150 valence electrons. The van der Waals surface area contributed by atoms with Gasteiger partial charge in [0.15, 0.2) is 11.5 Å². The molecule has 1 aliphatic rings. The van der Waals surface area contributed by atoms with Crippen LogP contribution in [0.2, 0.25) is 0 Å². The second-order valence-electron chi connectivity index (χ2n) is 6.66. The minimum absolute atomic E-state index is 0.178. The van der Waals surface area contributed by atoms with Crippen molar-refractivity contribution >= 4 is 5.91 Å². The summed E-state index contributed by atoms with van der Waals surface area (Å²) in [6.07, 6.45) is 0. The van der Waals surface area contributed by atoms with Crippen molar-refractivity contribution in [2.24, 2.45) is 0 Å². The number of amides is 1. The Hall–Kier alpha value is -2.73. The van der Waals surface area contributed by atoms with E-state index in [1.54, 1.807) is 19.2 Å². The van der Waals surface area contributed by atoms with E-state index >= 15 is 0 Å². The molecule has 2 aromatic rings. The van der Waals surface area contributed by atoms with Crippen LogP contribution in [-0.4, -0.2) is 44.2 Å². The van der Waals surface area contributed by atoms with Crippen molar-refractivity contribution in [3.63, 3.8) is 0 Å². The van der Waals surface area contributed by atoms with E-state index in [0.717, 1.165) is 25.2 Å². The summed E-state index contributed by atoms with van der Waals surface area (Å²) < 4.78 is 16.5. The number of nitrogens with zero attached hydrogens (tertiary/aromatic N) is 1. The quantitative estimate of drug-likeness (QED) is 0.757. The summed E-state index contributed by atoms with van der Waals surface area (Å²) in [7, 11) is 1.55. The second-order valence-corrected chi connectivity index (χ2v) is 6.66. The van der Waals surface area contributed by atoms with Gasteiger partial charge < -0.3 is 19.5 Å². The van der Waals surface area contributed by atoms with Crippen LogP contribution in [-0.2, 0) is 13.1 Å². The Labute approximate surface area is 166 Å². The number of carbonyl (C=O) groups is 1. The number of benzene rings is 2. The lowest BCUT2D eigenvalue weighted by atomic mass is 10.1. The van der Waals surface area contributed by atoms with Gasteiger partial charge in [-0.15, -0.1) is 0 Å². The van der Waals surface area contributed by atoms with Crippen LogP contribution >= 0.6 is 0 Å². The monoisotopic (exact) mass is 384 g/mol. The van der Waals surface area contributed by atoms with E-state index in [2.05, 4.69) is 48.3 Å². The number of ether oxygens (including phenoxy) is 3. The highest BCUT2D eigenvalue weighted by Crippen LogP contribution is 2.40. The topological polar surface area (TPSA) is 60.0 Å². The molecule has 0 radical (unpaired) electrons. The third-order valence-corrected chi connectivity index (χ3v) is 4.87. The maximum absolute atomic E-state index is 12.6. The van der Waals surface area contributed by atoms with E-state index in [9.17, 15) is 4.79 Å². The van der Waals surface area contributed by atoms with Crippen LogP contribution in [0.5, 0.6) is 17.2 Å². The van der Waals surface area contributed by atoms with Gasteiger partial charge in [-0.25, -0.2) is 0 Å². The SMILES string of the molecule is CCN(CC)Cc1ccc(CNC(=O)c2cc(OC)c3c(c2)OCCO3)cc1. The van der Waals surface area contributed by atoms with E-state index in [1.165, 1.54) is 5.56 Å². The third kappa shape index (κ3) is 4.75. The summed E-state index contributed by atoms with van der Waals surface area (Å²) in [6.45, 7) is 8.74. The molecule has 1 N–H and O–H groups in total. The summed E-state index contributed by atoms with van der Waals surface area (Å²) in [5, 5.41) is 2.95. The molecule has 1 heterocycles. The van der Waals surface area contributed by atoms with Gasteiger partial charge in [0, 0.05) is 18.7 Å². The van der Waals surface area contributed by atoms with Crippen molar-refractivity contribution in [2.45, 2.75) is 26.9 Å². The molecule has 0 aliphatic carbocycles. The van der Waals surface area contributed by atoms with Crippen LogP contribution in [0.3, 0.4) is 0 Å². The fourth-order valence-electron chi connectivity index (χ4n) is 3.16. The molecule has 0 aromatic heterocycles. The zero-order chi connectivity index (χ0) is 19.9. The maximum Gasteiger partial charge on any atom is 0.251 e. The van der Waals surface area contributed by atoms with Crippen LogP contribution in [0.15, 0.2) is 36.4 Å². The number of rotatable bonds is 8. The third-order valence-electron chi connectivity index (χ3n) is 4.87. The molecule has 0 spiro atoms. The Balaban J connectivity index is 1.62. The Morgan fingerprint density at radius 2 is 1.75 bits per heavy atom. The predicted octanol–water partition coefficient (Wildman–Crippen LogP) is 3.24. The van der Waals surface area contributed by atoms with Crippen LogP contribution in [0.1, 0.15) is 35.3 Å². The summed E-state index contributed by atoms with van der Waals surface area (Å²) in [4.78, 5) is 15.0. The minimum atomic E-state index is -0.178. The van der Waals surface area contributed by atoms with Crippen molar-refractivity contribution in [3.05, 3.63) is 53.1 Å². The molecular formula is C22H28N2O4. The molecule has 28 heavy (non-hydrogen) atoms. The number of nitrogens with one attached hydrogen (secondary N) is 1. The maximum atomic E-state index is 12.6. The Morgan fingerprint density at radius 3 is 2.43 bits per heavy atom. The van der Waals surface area contributed by atoms with Crippen molar-refractivity contribution in [1.29, 1.82) is 0 Å². The van der Waals surface area contributed by atoms with Crippen molar-refractivity contribution < 1.29 is 19.0 Å². The zero-order valence-corrected chi connectivity index (χ0v) is 16.8. The molecule has 2 aromatic carbocycles. The Bertz CT molecular complexity index is 784. The van der Waals surface area contributed by atoms with Gasteiger partial charge in [0.1, 0.15) is 13.2 Å². The lowest BCUT2D eigenvalue weighted by Gasteiger charge is -2.21. The first-order valence-corrected chi connectivity index (χ1v) is 9.70. The smallest absolute Gasteiger partial charge is 0.251 e. The number of hydrogen-bond acceptors (Lipinski definition) is 5. The molecule has 1 aliphatic heterocycles. The summed E-state index contributed by atoms with van der Waals surface area (Å²) in [5.74, 6) is 1.41. The molecule has 6 nitrogen and oxygen atoms in total. The number of carbonyl (C=O) groups excluding carboxylic acids is 1. The van der Waals surface area contributed by atoms with Crippen LogP contribution in [0.25, 0.3) is 0 Å². The van der Waals surface area contributed by atoms with E-state index in [0.29, 0.717) is 42.6 Å². The summed E-state index contributed by atoms with van der Waals surface area (Å²) in [5.41, 5.74) is 2.82. The molecule has 3 rings (SSSR count). The molecular weight excluding hydrogens is 356 g/mol. The largest absolute Gasteiger partial charge is 0.493 e. The van der Waals surface area contributed by atoms with E-state index < -0.39 is 0 Å². The van der Waals surface area contributed by atoms with Crippen molar-refractivity contribution in [3.8, 4) is 17.2 Å². The molecule has 0 atom stereocenters. The first-order chi connectivity index (χ1) is 13.6. The average molecular weight is 384 g/mol. The number of methoxy groups -OCH3 is 1. The van der Waals surface area contributed by atoms with Gasteiger partial charge in [-0.05, 0) is 36.3 Å². The predicted molar refractivity (Wildman–Crippen MR) is 108 cm³/mol. The van der Waals surface area contributed by atoms with Crippen LogP contribution in [0, 0.1) is 0 Å². The lowest BCUT2D eigenvalue weighted by Crippen LogP contribution is -2.24. The number of hydrogen-bond donors (Lipinski definition) is 1. The van der Waals surface area contributed by atoms with Crippen LogP contribution < -0.4 is 19.5 Å². The molecule has 0 fully saturated rings. The zero-order valence-electron chi connectivity index (χ0n) is 16.8. The van der Waals surface area contributed by atoms with Gasteiger partial charge in [0.05, 0.1) is 7.11 Å². The van der Waals surface area contributed by atoms with Gasteiger partial charge in [-0.1, -0.05) is 38.1 Å². The molecule has 0 unspecified atom stereocenters. The summed E-state index contributed by atoms with van der Waals surface area (Å²) in [6, 6.07) is 11.7. The highest BCUT2D eigenvalue weighted by molar-refractivity contribution is 5.95. The fraction of sp³-hybridized carbons (Fsp3) is 0.409. The summed E-state index contributed by atoms with van der Waals surface area (Å²) >= 11 is 0. The highest BCUT2D eigenvalue weighted by Gasteiger charge is 2.20. The van der Waals surface area contributed by atoms with Gasteiger partial charge in [0.2, 0.25) is 5.75 Å². The van der Waals surface area contributed by atoms with Gasteiger partial charge in [0.25, 0.3) is 5.91 Å². The highest BCUT2D eigenvalue weighted by atomic mass is 16.6. The van der Waals surface area contributed by atoms with Crippen molar-refractivity contribution in [1.82, 2.24) is 10.2 Å². The second kappa shape index (κ2) is 9.46. The molecule has 0 bridgehead atoms. The minimum Gasteiger partial charge on any atom is -0.493 e.